The van der Waals surface area contributed by atoms with Crippen LogP contribution in [0.1, 0.15) is 28.9 Å². The number of nitrogens with one attached hydrogen (secondary N) is 2. The molecular weight excluding hydrogens is 384 g/mol. The van der Waals surface area contributed by atoms with E-state index in [9.17, 15) is 4.79 Å². The van der Waals surface area contributed by atoms with Gasteiger partial charge in [0.25, 0.3) is 5.91 Å². The van der Waals surface area contributed by atoms with Gasteiger partial charge in [0.2, 0.25) is 0 Å². The smallest absolute Gasteiger partial charge is 0.288 e. The Morgan fingerprint density at radius 1 is 0.903 bits per heavy atom. The molecule has 31 heavy (non-hydrogen) atoms. The van der Waals surface area contributed by atoms with Crippen molar-refractivity contribution in [2.75, 3.05) is 18.0 Å². The lowest BCUT2D eigenvalue weighted by molar-refractivity contribution is 0.0951. The van der Waals surface area contributed by atoms with Crippen molar-refractivity contribution in [1.82, 2.24) is 10.4 Å². The molecule has 0 bridgehead atoms. The molecule has 5 nitrogen and oxygen atoms in total. The predicted molar refractivity (Wildman–Crippen MR) is 127 cm³/mol. The fraction of sp³-hybridized carbons (Fsp3) is 0.154. The topological polar surface area (TPSA) is 60.5 Å². The van der Waals surface area contributed by atoms with E-state index in [1.54, 1.807) is 6.21 Å². The molecule has 154 valence electrons. The Morgan fingerprint density at radius 2 is 1.61 bits per heavy atom. The van der Waals surface area contributed by atoms with Crippen molar-refractivity contribution in [3.63, 3.8) is 0 Å². The summed E-state index contributed by atoms with van der Waals surface area (Å²) < 4.78 is 0. The van der Waals surface area contributed by atoms with E-state index < -0.39 is 0 Å². The Balaban J connectivity index is 1.36. The van der Waals surface area contributed by atoms with Crippen molar-refractivity contribution < 1.29 is 4.79 Å². The van der Waals surface area contributed by atoms with E-state index in [1.165, 1.54) is 18.5 Å². The van der Waals surface area contributed by atoms with Crippen molar-refractivity contribution in [2.24, 2.45) is 5.10 Å². The molecule has 0 spiro atoms. The number of carbonyl (C=O) groups is 1. The van der Waals surface area contributed by atoms with Crippen LogP contribution in [0.15, 0.2) is 84.0 Å². The number of aromatic nitrogens is 1. The first kappa shape index (κ1) is 19.1. The van der Waals surface area contributed by atoms with Crippen LogP contribution in [0.2, 0.25) is 0 Å². The summed E-state index contributed by atoms with van der Waals surface area (Å²) in [7, 11) is 0. The molecular formula is C26H24N4O. The zero-order chi connectivity index (χ0) is 21.0. The molecule has 2 N–H and O–H groups in total. The van der Waals surface area contributed by atoms with Crippen LogP contribution < -0.4 is 10.3 Å². The summed E-state index contributed by atoms with van der Waals surface area (Å²) in [6.07, 6.45) is 4.19. The molecule has 1 fully saturated rings. The molecule has 5 heteroatoms. The van der Waals surface area contributed by atoms with Crippen LogP contribution in [0.5, 0.6) is 0 Å². The van der Waals surface area contributed by atoms with Gasteiger partial charge in [-0.2, -0.15) is 5.10 Å². The summed E-state index contributed by atoms with van der Waals surface area (Å²) in [5, 5.41) is 5.21. The van der Waals surface area contributed by atoms with Crippen molar-refractivity contribution in [3.8, 4) is 11.1 Å². The highest BCUT2D eigenvalue weighted by Crippen LogP contribution is 2.32. The Kier molecular flexibility index (Phi) is 5.23. The number of hydrogen-bond acceptors (Lipinski definition) is 3. The minimum absolute atomic E-state index is 0.264. The van der Waals surface area contributed by atoms with E-state index in [-0.39, 0.29) is 5.91 Å². The highest BCUT2D eigenvalue weighted by atomic mass is 16.2. The molecule has 2 heterocycles. The molecule has 3 aromatic carbocycles. The van der Waals surface area contributed by atoms with Crippen LogP contribution >= 0.6 is 0 Å². The van der Waals surface area contributed by atoms with E-state index in [0.29, 0.717) is 5.69 Å². The summed E-state index contributed by atoms with van der Waals surface area (Å²) in [5.41, 5.74) is 8.18. The van der Waals surface area contributed by atoms with Gasteiger partial charge >= 0.3 is 0 Å². The lowest BCUT2D eigenvalue weighted by Gasteiger charge is -2.17. The predicted octanol–water partition coefficient (Wildman–Crippen LogP) is 5.20. The lowest BCUT2D eigenvalue weighted by Crippen LogP contribution is -2.19. The maximum atomic E-state index is 13.0. The second kappa shape index (κ2) is 8.48. The maximum absolute atomic E-state index is 13.0. The number of amides is 1. The second-order valence-corrected chi connectivity index (χ2v) is 7.77. The Morgan fingerprint density at radius 3 is 2.39 bits per heavy atom. The normalized spacial score (nSPS) is 13.9. The number of H-pyrrole nitrogens is 1. The van der Waals surface area contributed by atoms with Crippen molar-refractivity contribution >= 4 is 28.7 Å². The Labute approximate surface area is 181 Å². The van der Waals surface area contributed by atoms with Gasteiger partial charge in [0, 0.05) is 35.2 Å². The number of para-hydroxylation sites is 1. The molecule has 0 aliphatic carbocycles. The van der Waals surface area contributed by atoms with Crippen LogP contribution in [0, 0.1) is 0 Å². The molecule has 1 amide bonds. The van der Waals surface area contributed by atoms with Gasteiger partial charge in [-0.05, 0) is 42.2 Å². The number of anilines is 1. The first-order chi connectivity index (χ1) is 15.3. The van der Waals surface area contributed by atoms with Gasteiger partial charge in [0.1, 0.15) is 5.69 Å². The highest BCUT2D eigenvalue weighted by Gasteiger charge is 2.18. The van der Waals surface area contributed by atoms with Crippen LogP contribution in [0.4, 0.5) is 5.69 Å². The minimum atomic E-state index is -0.264. The number of carbonyl (C=O) groups excluding carboxylic acids is 1. The minimum Gasteiger partial charge on any atom is -0.372 e. The maximum Gasteiger partial charge on any atom is 0.288 e. The van der Waals surface area contributed by atoms with Gasteiger partial charge in [0.05, 0.1) is 6.21 Å². The molecule has 0 radical (unpaired) electrons. The standard InChI is InChI=1S/C26H24N4O/c31-26(29-27-18-19-12-14-21(15-13-19)30-16-6-7-17-30)25-24(20-8-2-1-3-9-20)22-10-4-5-11-23(22)28-25/h1-5,8-15,18,28H,6-7,16-17H2,(H,29,31). The third kappa shape index (κ3) is 3.94. The molecule has 1 aliphatic heterocycles. The monoisotopic (exact) mass is 408 g/mol. The average Bonchev–Trinajstić information content (AvgIpc) is 3.48. The van der Waals surface area contributed by atoms with Gasteiger partial charge in [0.15, 0.2) is 0 Å². The summed E-state index contributed by atoms with van der Waals surface area (Å²) in [4.78, 5) is 18.6. The number of aromatic amines is 1. The zero-order valence-electron chi connectivity index (χ0n) is 17.2. The number of hydrogen-bond donors (Lipinski definition) is 2. The van der Waals surface area contributed by atoms with E-state index in [1.807, 2.05) is 66.7 Å². The Bertz CT molecular complexity index is 1220. The summed E-state index contributed by atoms with van der Waals surface area (Å²) >= 11 is 0. The number of benzene rings is 3. The second-order valence-electron chi connectivity index (χ2n) is 7.77. The van der Waals surface area contributed by atoms with Crippen LogP contribution in [0.25, 0.3) is 22.0 Å². The van der Waals surface area contributed by atoms with Crippen molar-refractivity contribution in [1.29, 1.82) is 0 Å². The lowest BCUT2D eigenvalue weighted by atomic mass is 10.0. The number of fused-ring (bicyclic) bond motifs is 1. The van der Waals surface area contributed by atoms with Gasteiger partial charge in [-0.25, -0.2) is 5.43 Å². The summed E-state index contributed by atoms with van der Waals surface area (Å²) in [6.45, 7) is 2.25. The van der Waals surface area contributed by atoms with Crippen LogP contribution in [-0.2, 0) is 0 Å². The first-order valence-corrected chi connectivity index (χ1v) is 10.6. The van der Waals surface area contributed by atoms with Crippen molar-refractivity contribution in [2.45, 2.75) is 12.8 Å². The van der Waals surface area contributed by atoms with Crippen molar-refractivity contribution in [3.05, 3.63) is 90.1 Å². The van der Waals surface area contributed by atoms with Gasteiger partial charge in [-0.15, -0.1) is 0 Å². The fourth-order valence-electron chi connectivity index (χ4n) is 4.18. The third-order valence-electron chi connectivity index (χ3n) is 5.74. The number of rotatable bonds is 5. The largest absolute Gasteiger partial charge is 0.372 e. The van der Waals surface area contributed by atoms with E-state index in [2.05, 4.69) is 32.5 Å². The summed E-state index contributed by atoms with van der Waals surface area (Å²) in [6, 6.07) is 26.2. The molecule has 5 rings (SSSR count). The molecule has 1 saturated heterocycles. The molecule has 0 unspecified atom stereocenters. The zero-order valence-corrected chi connectivity index (χ0v) is 17.2. The van der Waals surface area contributed by atoms with Crippen LogP contribution in [-0.4, -0.2) is 30.2 Å². The van der Waals surface area contributed by atoms with E-state index in [0.717, 1.165) is 40.7 Å². The molecule has 0 atom stereocenters. The fourth-order valence-corrected chi connectivity index (χ4v) is 4.18. The summed E-state index contributed by atoms with van der Waals surface area (Å²) in [5.74, 6) is -0.264. The molecule has 1 aromatic heterocycles. The number of nitrogens with zero attached hydrogens (tertiary/aromatic N) is 2. The quantitative estimate of drug-likeness (QED) is 0.352. The molecule has 0 saturated carbocycles. The molecule has 4 aromatic rings. The van der Waals surface area contributed by atoms with E-state index >= 15 is 0 Å². The molecule has 1 aliphatic rings. The van der Waals surface area contributed by atoms with E-state index in [4.69, 9.17) is 0 Å². The van der Waals surface area contributed by atoms with Crippen LogP contribution in [0.3, 0.4) is 0 Å². The first-order valence-electron chi connectivity index (χ1n) is 10.6. The van der Waals surface area contributed by atoms with Gasteiger partial charge < -0.3 is 9.88 Å². The Hall–Kier alpha value is -3.86. The SMILES string of the molecule is O=C(NN=Cc1ccc(N2CCCC2)cc1)c1[nH]c2ccccc2c1-c1ccccc1. The third-order valence-corrected chi connectivity index (χ3v) is 5.74. The van der Waals surface area contributed by atoms with Gasteiger partial charge in [-0.3, -0.25) is 4.79 Å². The van der Waals surface area contributed by atoms with Gasteiger partial charge in [-0.1, -0.05) is 60.7 Å². The average molecular weight is 409 g/mol. The highest BCUT2D eigenvalue weighted by molar-refractivity contribution is 6.09. The number of hydrazone groups is 1.